The number of aryl methyl sites for hydroxylation is 1. The molecule has 0 fully saturated rings. The van der Waals surface area contributed by atoms with Crippen molar-refractivity contribution in [2.24, 2.45) is 0 Å². The summed E-state index contributed by atoms with van der Waals surface area (Å²) in [6, 6.07) is 19.6. The number of benzene rings is 2. The summed E-state index contributed by atoms with van der Waals surface area (Å²) >= 11 is 0. The summed E-state index contributed by atoms with van der Waals surface area (Å²) in [6.07, 6.45) is 1.65. The first-order chi connectivity index (χ1) is 12.8. The molecule has 0 atom stereocenters. The molecule has 0 aliphatic rings. The lowest BCUT2D eigenvalue weighted by molar-refractivity contribution is 0.102. The number of anilines is 3. The summed E-state index contributed by atoms with van der Waals surface area (Å²) < 4.78 is 0. The highest BCUT2D eigenvalue weighted by Gasteiger charge is 2.13. The Morgan fingerprint density at radius 3 is 2.15 bits per heavy atom. The Morgan fingerprint density at radius 2 is 1.56 bits per heavy atom. The topological polar surface area (TPSA) is 54.0 Å². The molecule has 4 heteroatoms. The van der Waals surface area contributed by atoms with Gasteiger partial charge in [0.15, 0.2) is 0 Å². The lowest BCUT2D eigenvalue weighted by Crippen LogP contribution is -2.13. The predicted octanol–water partition coefficient (Wildman–Crippen LogP) is 5.68. The third-order valence-electron chi connectivity index (χ3n) is 4.43. The lowest BCUT2D eigenvalue weighted by Gasteiger charge is -2.19. The summed E-state index contributed by atoms with van der Waals surface area (Å²) in [6.45, 7) is 8.51. The van der Waals surface area contributed by atoms with Crippen molar-refractivity contribution in [2.45, 2.75) is 33.1 Å². The quantitative estimate of drug-likeness (QED) is 0.630. The van der Waals surface area contributed by atoms with Gasteiger partial charge in [0.2, 0.25) is 0 Å². The zero-order valence-corrected chi connectivity index (χ0v) is 16.2. The SMILES string of the molecule is Cc1ccccc1C(=O)Nc1ccc(Nc2ccc(C(C)(C)C)cc2)nc1. The van der Waals surface area contributed by atoms with Crippen LogP contribution in [0.4, 0.5) is 17.2 Å². The monoisotopic (exact) mass is 359 g/mol. The summed E-state index contributed by atoms with van der Waals surface area (Å²) in [5.74, 6) is 0.598. The van der Waals surface area contributed by atoms with Gasteiger partial charge < -0.3 is 10.6 Å². The maximum atomic E-state index is 12.4. The van der Waals surface area contributed by atoms with E-state index in [4.69, 9.17) is 0 Å². The van der Waals surface area contributed by atoms with Gasteiger partial charge >= 0.3 is 0 Å². The van der Waals surface area contributed by atoms with Crippen molar-refractivity contribution in [3.63, 3.8) is 0 Å². The van der Waals surface area contributed by atoms with Gasteiger partial charge in [0.25, 0.3) is 5.91 Å². The van der Waals surface area contributed by atoms with Crippen LogP contribution < -0.4 is 10.6 Å². The Kier molecular flexibility index (Phi) is 5.26. The van der Waals surface area contributed by atoms with Crippen LogP contribution in [0.1, 0.15) is 42.3 Å². The van der Waals surface area contributed by atoms with E-state index in [0.29, 0.717) is 11.3 Å². The highest BCUT2D eigenvalue weighted by molar-refractivity contribution is 6.05. The fourth-order valence-electron chi connectivity index (χ4n) is 2.77. The van der Waals surface area contributed by atoms with E-state index >= 15 is 0 Å². The first-order valence-corrected chi connectivity index (χ1v) is 9.03. The second-order valence-corrected chi connectivity index (χ2v) is 7.65. The van der Waals surface area contributed by atoms with Crippen molar-refractivity contribution in [1.29, 1.82) is 0 Å². The molecule has 138 valence electrons. The number of rotatable bonds is 4. The molecule has 4 nitrogen and oxygen atoms in total. The van der Waals surface area contributed by atoms with Gasteiger partial charge in [-0.15, -0.1) is 0 Å². The second-order valence-electron chi connectivity index (χ2n) is 7.65. The van der Waals surface area contributed by atoms with Crippen LogP contribution in [0.3, 0.4) is 0 Å². The summed E-state index contributed by atoms with van der Waals surface area (Å²) in [5.41, 5.74) is 4.67. The molecule has 3 aromatic rings. The molecule has 27 heavy (non-hydrogen) atoms. The zero-order chi connectivity index (χ0) is 19.4. The molecule has 0 spiro atoms. The van der Waals surface area contributed by atoms with Gasteiger partial charge in [-0.05, 0) is 53.8 Å². The van der Waals surface area contributed by atoms with Gasteiger partial charge in [0, 0.05) is 11.3 Å². The van der Waals surface area contributed by atoms with Gasteiger partial charge in [0.1, 0.15) is 5.82 Å². The Balaban J connectivity index is 1.65. The molecule has 0 unspecified atom stereocenters. The number of carbonyl (C=O) groups excluding carboxylic acids is 1. The average molecular weight is 359 g/mol. The van der Waals surface area contributed by atoms with Gasteiger partial charge in [-0.3, -0.25) is 4.79 Å². The van der Waals surface area contributed by atoms with Crippen LogP contribution in [-0.2, 0) is 5.41 Å². The maximum Gasteiger partial charge on any atom is 0.255 e. The fraction of sp³-hybridized carbons (Fsp3) is 0.217. The normalized spacial score (nSPS) is 11.1. The highest BCUT2D eigenvalue weighted by atomic mass is 16.1. The van der Waals surface area contributed by atoms with Gasteiger partial charge in [0.05, 0.1) is 11.9 Å². The third kappa shape index (κ3) is 4.73. The van der Waals surface area contributed by atoms with Crippen molar-refractivity contribution in [3.8, 4) is 0 Å². The van der Waals surface area contributed by atoms with Gasteiger partial charge in [-0.2, -0.15) is 0 Å². The standard InChI is InChI=1S/C23H25N3O/c1-16-7-5-6-8-20(16)22(27)26-19-13-14-21(24-15-19)25-18-11-9-17(10-12-18)23(2,3)4/h5-15H,1-4H3,(H,24,25)(H,26,27). The van der Waals surface area contributed by atoms with Crippen LogP contribution in [0, 0.1) is 6.92 Å². The average Bonchev–Trinajstić information content (AvgIpc) is 2.63. The van der Waals surface area contributed by atoms with Crippen LogP contribution in [-0.4, -0.2) is 10.9 Å². The Morgan fingerprint density at radius 1 is 0.889 bits per heavy atom. The molecule has 0 bridgehead atoms. The van der Waals surface area contributed by atoms with Crippen LogP contribution in [0.2, 0.25) is 0 Å². The van der Waals surface area contributed by atoms with E-state index in [-0.39, 0.29) is 11.3 Å². The molecular formula is C23H25N3O. The Hall–Kier alpha value is -3.14. The predicted molar refractivity (Wildman–Crippen MR) is 112 cm³/mol. The lowest BCUT2D eigenvalue weighted by atomic mass is 9.87. The number of pyridine rings is 1. The molecule has 1 heterocycles. The molecule has 0 saturated carbocycles. The molecule has 2 aromatic carbocycles. The first kappa shape index (κ1) is 18.6. The number of nitrogens with zero attached hydrogens (tertiary/aromatic N) is 1. The summed E-state index contributed by atoms with van der Waals surface area (Å²) in [7, 11) is 0. The molecule has 3 rings (SSSR count). The molecule has 0 aliphatic carbocycles. The maximum absolute atomic E-state index is 12.4. The largest absolute Gasteiger partial charge is 0.340 e. The minimum absolute atomic E-state index is 0.131. The van der Waals surface area contributed by atoms with E-state index in [1.54, 1.807) is 6.20 Å². The molecule has 0 saturated heterocycles. The number of hydrogen-bond donors (Lipinski definition) is 2. The van der Waals surface area contributed by atoms with Crippen molar-refractivity contribution in [3.05, 3.63) is 83.6 Å². The van der Waals surface area contributed by atoms with Crippen molar-refractivity contribution >= 4 is 23.1 Å². The third-order valence-corrected chi connectivity index (χ3v) is 4.43. The van der Waals surface area contributed by atoms with Crippen LogP contribution in [0.25, 0.3) is 0 Å². The minimum atomic E-state index is -0.131. The molecule has 0 aliphatic heterocycles. The molecule has 0 radical (unpaired) electrons. The molecule has 1 aromatic heterocycles. The van der Waals surface area contributed by atoms with E-state index in [1.807, 2.05) is 43.3 Å². The number of hydrogen-bond acceptors (Lipinski definition) is 3. The first-order valence-electron chi connectivity index (χ1n) is 9.03. The van der Waals surface area contributed by atoms with Gasteiger partial charge in [-0.1, -0.05) is 51.1 Å². The summed E-state index contributed by atoms with van der Waals surface area (Å²) in [5, 5.41) is 6.17. The van der Waals surface area contributed by atoms with E-state index in [9.17, 15) is 4.79 Å². The zero-order valence-electron chi connectivity index (χ0n) is 16.2. The van der Waals surface area contributed by atoms with Crippen LogP contribution >= 0.6 is 0 Å². The van der Waals surface area contributed by atoms with E-state index < -0.39 is 0 Å². The smallest absolute Gasteiger partial charge is 0.255 e. The molecule has 1 amide bonds. The fourth-order valence-corrected chi connectivity index (χ4v) is 2.77. The number of carbonyl (C=O) groups is 1. The molecule has 2 N–H and O–H groups in total. The minimum Gasteiger partial charge on any atom is -0.340 e. The molecular weight excluding hydrogens is 334 g/mol. The van der Waals surface area contributed by atoms with E-state index in [1.165, 1.54) is 5.56 Å². The van der Waals surface area contributed by atoms with Crippen molar-refractivity contribution < 1.29 is 4.79 Å². The van der Waals surface area contributed by atoms with Crippen LogP contribution in [0.5, 0.6) is 0 Å². The van der Waals surface area contributed by atoms with E-state index in [0.717, 1.165) is 17.1 Å². The second kappa shape index (κ2) is 7.62. The number of aromatic nitrogens is 1. The number of nitrogens with one attached hydrogen (secondary N) is 2. The van der Waals surface area contributed by atoms with Crippen LogP contribution in [0.15, 0.2) is 66.9 Å². The van der Waals surface area contributed by atoms with Gasteiger partial charge in [-0.25, -0.2) is 4.98 Å². The van der Waals surface area contributed by atoms with E-state index in [2.05, 4.69) is 60.7 Å². The highest BCUT2D eigenvalue weighted by Crippen LogP contribution is 2.24. The van der Waals surface area contributed by atoms with Crippen molar-refractivity contribution in [1.82, 2.24) is 4.98 Å². The Bertz CT molecular complexity index is 923. The van der Waals surface area contributed by atoms with Crippen molar-refractivity contribution in [2.75, 3.05) is 10.6 Å². The Labute approximate surface area is 160 Å². The summed E-state index contributed by atoms with van der Waals surface area (Å²) in [4.78, 5) is 16.8. The number of amides is 1.